The molecule has 0 unspecified atom stereocenters. The molecule has 0 fully saturated rings. The molecule has 0 spiro atoms. The maximum atomic E-state index is 13.5. The Hall–Kier alpha value is -3.48. The van der Waals surface area contributed by atoms with Crippen molar-refractivity contribution in [3.63, 3.8) is 0 Å². The minimum atomic E-state index is -0.939. The molecule has 0 aliphatic carbocycles. The second-order valence-corrected chi connectivity index (χ2v) is 8.02. The molecule has 8 heteroatoms. The van der Waals surface area contributed by atoms with E-state index in [2.05, 4.69) is 15.0 Å². The van der Waals surface area contributed by atoms with Crippen molar-refractivity contribution in [3.05, 3.63) is 112 Å². The van der Waals surface area contributed by atoms with Crippen molar-refractivity contribution < 1.29 is 13.5 Å². The van der Waals surface area contributed by atoms with Crippen LogP contribution in [-0.4, -0.2) is 15.0 Å². The summed E-state index contributed by atoms with van der Waals surface area (Å²) >= 11 is 6.25. The molecule has 4 nitrogen and oxygen atoms in total. The number of fused-ring (bicyclic) bond motifs is 1. The average Bonchev–Trinajstić information content (AvgIpc) is 3.22. The van der Waals surface area contributed by atoms with Crippen LogP contribution in [0.3, 0.4) is 0 Å². The fourth-order valence-corrected chi connectivity index (χ4v) is 3.79. The molecule has 0 amide bonds. The van der Waals surface area contributed by atoms with Crippen LogP contribution in [0, 0.1) is 11.6 Å². The molecule has 0 atom stereocenters. The Bertz CT molecular complexity index is 1400. The number of ether oxygens (including phenoxy) is 1. The van der Waals surface area contributed by atoms with Crippen molar-refractivity contribution in [2.45, 2.75) is 13.0 Å². The predicted molar refractivity (Wildman–Crippen MR) is 132 cm³/mol. The second kappa shape index (κ2) is 10.2. The minimum Gasteiger partial charge on any atom is -0.489 e. The maximum absolute atomic E-state index is 13.5. The summed E-state index contributed by atoms with van der Waals surface area (Å²) in [5.41, 5.74) is 4.05. The zero-order chi connectivity index (χ0) is 22.8. The van der Waals surface area contributed by atoms with E-state index in [-0.39, 0.29) is 12.4 Å². The van der Waals surface area contributed by atoms with Crippen LogP contribution in [0.1, 0.15) is 16.8 Å². The van der Waals surface area contributed by atoms with E-state index in [1.54, 1.807) is 12.1 Å². The lowest BCUT2D eigenvalue weighted by Gasteiger charge is -2.12. The first kappa shape index (κ1) is 23.7. The SMILES string of the molecule is Cl.Fc1cc2nc(-c3cccc(Cc4cc(Cl)ccc4OCc4ccccc4)n3)[nH]c2cc1F. The summed E-state index contributed by atoms with van der Waals surface area (Å²) < 4.78 is 33.1. The van der Waals surface area contributed by atoms with Crippen LogP contribution in [0.25, 0.3) is 22.6 Å². The van der Waals surface area contributed by atoms with Crippen molar-refractivity contribution >= 4 is 35.0 Å². The molecule has 0 aliphatic rings. The van der Waals surface area contributed by atoms with E-state index in [1.807, 2.05) is 54.6 Å². The Kier molecular flexibility index (Phi) is 7.10. The molecule has 5 aromatic rings. The van der Waals surface area contributed by atoms with Crippen molar-refractivity contribution in [2.24, 2.45) is 0 Å². The highest BCUT2D eigenvalue weighted by molar-refractivity contribution is 6.30. The second-order valence-electron chi connectivity index (χ2n) is 7.59. The van der Waals surface area contributed by atoms with Gasteiger partial charge in [0.05, 0.1) is 11.0 Å². The first-order valence-electron chi connectivity index (χ1n) is 10.3. The summed E-state index contributed by atoms with van der Waals surface area (Å²) in [6.45, 7) is 0.440. The lowest BCUT2D eigenvalue weighted by molar-refractivity contribution is 0.303. The van der Waals surface area contributed by atoms with Gasteiger partial charge in [0.1, 0.15) is 18.1 Å². The van der Waals surface area contributed by atoms with Gasteiger partial charge in [-0.25, -0.2) is 18.7 Å². The summed E-state index contributed by atoms with van der Waals surface area (Å²) in [5.74, 6) is -0.705. The van der Waals surface area contributed by atoms with Crippen LogP contribution in [0.2, 0.25) is 5.02 Å². The Morgan fingerprint density at radius 2 is 1.65 bits per heavy atom. The zero-order valence-corrected chi connectivity index (χ0v) is 19.3. The lowest BCUT2D eigenvalue weighted by atomic mass is 10.1. The summed E-state index contributed by atoms with van der Waals surface area (Å²) in [4.78, 5) is 12.0. The van der Waals surface area contributed by atoms with Gasteiger partial charge in [-0.05, 0) is 35.9 Å². The van der Waals surface area contributed by atoms with Gasteiger partial charge in [0.2, 0.25) is 0 Å². The fourth-order valence-electron chi connectivity index (χ4n) is 3.59. The van der Waals surface area contributed by atoms with Gasteiger partial charge in [-0.1, -0.05) is 48.0 Å². The normalized spacial score (nSPS) is 10.8. The van der Waals surface area contributed by atoms with E-state index in [0.717, 1.165) is 34.7 Å². The molecular weight excluding hydrogens is 479 g/mol. The van der Waals surface area contributed by atoms with E-state index >= 15 is 0 Å². The van der Waals surface area contributed by atoms with E-state index in [0.29, 0.717) is 40.6 Å². The third-order valence-electron chi connectivity index (χ3n) is 5.20. The number of aromatic amines is 1. The molecule has 0 saturated heterocycles. The smallest absolute Gasteiger partial charge is 0.161 e. The monoisotopic (exact) mass is 497 g/mol. The minimum absolute atomic E-state index is 0. The van der Waals surface area contributed by atoms with Crippen molar-refractivity contribution in [3.8, 4) is 17.3 Å². The van der Waals surface area contributed by atoms with Gasteiger partial charge in [0.25, 0.3) is 0 Å². The molecular formula is C26H19Cl2F2N3O. The number of hydrogen-bond donors (Lipinski definition) is 1. The summed E-state index contributed by atoms with van der Waals surface area (Å²) in [6.07, 6.45) is 0.488. The van der Waals surface area contributed by atoms with E-state index in [1.165, 1.54) is 0 Å². The standard InChI is InChI=1S/C26H18ClF2N3O.ClH/c27-18-9-10-25(33-15-16-5-2-1-3-6-16)17(11-18)12-19-7-4-8-22(30-19)26-31-23-13-20(28)21(29)14-24(23)32-26;/h1-11,13-14H,12,15H2,(H,31,32);1H. The largest absolute Gasteiger partial charge is 0.489 e. The summed E-state index contributed by atoms with van der Waals surface area (Å²) in [5, 5.41) is 0.606. The topological polar surface area (TPSA) is 50.8 Å². The zero-order valence-electron chi connectivity index (χ0n) is 17.8. The molecule has 0 aliphatic heterocycles. The number of hydrogen-bond acceptors (Lipinski definition) is 3. The molecule has 0 radical (unpaired) electrons. The molecule has 3 aromatic carbocycles. The van der Waals surface area contributed by atoms with Gasteiger partial charge < -0.3 is 9.72 Å². The van der Waals surface area contributed by atoms with Gasteiger partial charge in [-0.3, -0.25) is 0 Å². The lowest BCUT2D eigenvalue weighted by Crippen LogP contribution is -2.01. The maximum Gasteiger partial charge on any atom is 0.161 e. The Morgan fingerprint density at radius 3 is 2.47 bits per heavy atom. The van der Waals surface area contributed by atoms with E-state index < -0.39 is 11.6 Å². The molecule has 1 N–H and O–H groups in total. The molecule has 2 aromatic heterocycles. The number of imidazole rings is 1. The number of aromatic nitrogens is 3. The predicted octanol–water partition coefficient (Wildman–Crippen LogP) is 7.15. The quantitative estimate of drug-likeness (QED) is 0.271. The number of halogens is 4. The van der Waals surface area contributed by atoms with Gasteiger partial charge in [0, 0.05) is 34.8 Å². The summed E-state index contributed by atoms with van der Waals surface area (Å²) in [7, 11) is 0. The third kappa shape index (κ3) is 5.19. The van der Waals surface area contributed by atoms with Crippen LogP contribution in [0.15, 0.2) is 78.9 Å². The van der Waals surface area contributed by atoms with Gasteiger partial charge in [0.15, 0.2) is 17.5 Å². The fraction of sp³-hybridized carbons (Fsp3) is 0.0769. The summed E-state index contributed by atoms with van der Waals surface area (Å²) in [6, 6.07) is 23.1. The number of nitrogens with zero attached hydrogens (tertiary/aromatic N) is 2. The van der Waals surface area contributed by atoms with Crippen LogP contribution in [0.5, 0.6) is 5.75 Å². The van der Waals surface area contributed by atoms with Crippen LogP contribution < -0.4 is 4.74 Å². The van der Waals surface area contributed by atoms with Gasteiger partial charge >= 0.3 is 0 Å². The van der Waals surface area contributed by atoms with Gasteiger partial charge in [-0.15, -0.1) is 12.4 Å². The van der Waals surface area contributed by atoms with Crippen molar-refractivity contribution in [1.29, 1.82) is 0 Å². The Labute approximate surface area is 206 Å². The van der Waals surface area contributed by atoms with E-state index in [9.17, 15) is 8.78 Å². The molecule has 0 bridgehead atoms. The molecule has 172 valence electrons. The molecule has 0 saturated carbocycles. The molecule has 34 heavy (non-hydrogen) atoms. The Morgan fingerprint density at radius 1 is 0.853 bits per heavy atom. The number of rotatable bonds is 6. The number of pyridine rings is 1. The van der Waals surface area contributed by atoms with E-state index in [4.69, 9.17) is 16.3 Å². The van der Waals surface area contributed by atoms with Gasteiger partial charge in [-0.2, -0.15) is 0 Å². The number of nitrogens with one attached hydrogen (secondary N) is 1. The highest BCUT2D eigenvalue weighted by atomic mass is 35.5. The van der Waals surface area contributed by atoms with Crippen molar-refractivity contribution in [1.82, 2.24) is 15.0 Å². The Balaban J connectivity index is 0.00000274. The first-order chi connectivity index (χ1) is 16.0. The third-order valence-corrected chi connectivity index (χ3v) is 5.44. The molecule has 2 heterocycles. The number of H-pyrrole nitrogens is 1. The average molecular weight is 498 g/mol. The first-order valence-corrected chi connectivity index (χ1v) is 10.7. The molecule has 5 rings (SSSR count). The van der Waals surface area contributed by atoms with Crippen LogP contribution >= 0.6 is 24.0 Å². The van der Waals surface area contributed by atoms with Crippen LogP contribution in [0.4, 0.5) is 8.78 Å². The highest BCUT2D eigenvalue weighted by Crippen LogP contribution is 2.27. The number of benzene rings is 3. The van der Waals surface area contributed by atoms with Crippen molar-refractivity contribution in [2.75, 3.05) is 0 Å². The van der Waals surface area contributed by atoms with Crippen LogP contribution in [-0.2, 0) is 13.0 Å². The highest BCUT2D eigenvalue weighted by Gasteiger charge is 2.13.